The molecule has 0 bridgehead atoms. The van der Waals surface area contributed by atoms with Gasteiger partial charge in [-0.1, -0.05) is 0 Å². The van der Waals surface area contributed by atoms with Crippen molar-refractivity contribution in [1.29, 1.82) is 0 Å². The minimum atomic E-state index is -0.621. The molecule has 0 radical (unpaired) electrons. The number of amides is 2. The van der Waals surface area contributed by atoms with Gasteiger partial charge in [0.2, 0.25) is 11.8 Å². The van der Waals surface area contributed by atoms with Gasteiger partial charge in [0, 0.05) is 19.6 Å². The van der Waals surface area contributed by atoms with Gasteiger partial charge in [-0.3, -0.25) is 19.9 Å². The number of hydrogen-bond acceptors (Lipinski definition) is 4. The maximum Gasteiger partial charge on any atom is 0.240 e. The van der Waals surface area contributed by atoms with Crippen molar-refractivity contribution in [2.45, 2.75) is 33.2 Å². The minimum absolute atomic E-state index is 0.00675. The third-order valence-corrected chi connectivity index (χ3v) is 3.35. The molecule has 0 atom stereocenters. The molecule has 0 aromatic rings. The first-order valence-electron chi connectivity index (χ1n) is 5.76. The summed E-state index contributed by atoms with van der Waals surface area (Å²) in [6, 6.07) is 0. The average Bonchev–Trinajstić information content (AvgIpc) is 2.24. The molecule has 0 saturated carbocycles. The fourth-order valence-corrected chi connectivity index (χ4v) is 1.96. The Hall–Kier alpha value is -1.14. The van der Waals surface area contributed by atoms with Crippen LogP contribution in [-0.4, -0.2) is 41.9 Å². The van der Waals surface area contributed by atoms with E-state index in [2.05, 4.69) is 10.7 Å². The van der Waals surface area contributed by atoms with E-state index in [-0.39, 0.29) is 11.8 Å². The number of carbonyl (C=O) groups is 2. The SMILES string of the molecule is CC(C)(CN1CCNC(=O)C1(C)C)C(=O)NN. The van der Waals surface area contributed by atoms with Crippen LogP contribution in [0, 0.1) is 5.41 Å². The molecule has 2 amide bonds. The molecule has 1 aliphatic rings. The molecule has 4 N–H and O–H groups in total. The lowest BCUT2D eigenvalue weighted by atomic mass is 9.88. The Labute approximate surface area is 102 Å². The summed E-state index contributed by atoms with van der Waals surface area (Å²) in [4.78, 5) is 25.4. The molecule has 0 aromatic heterocycles. The third-order valence-electron chi connectivity index (χ3n) is 3.35. The highest BCUT2D eigenvalue weighted by Gasteiger charge is 2.41. The number of piperazine rings is 1. The van der Waals surface area contributed by atoms with Crippen LogP contribution in [-0.2, 0) is 9.59 Å². The first-order chi connectivity index (χ1) is 7.71. The number of hydrazine groups is 1. The van der Waals surface area contributed by atoms with Gasteiger partial charge in [-0.2, -0.15) is 0 Å². The van der Waals surface area contributed by atoms with Gasteiger partial charge in [0.15, 0.2) is 0 Å². The van der Waals surface area contributed by atoms with E-state index >= 15 is 0 Å². The van der Waals surface area contributed by atoms with Crippen molar-refractivity contribution >= 4 is 11.8 Å². The van der Waals surface area contributed by atoms with E-state index in [1.807, 2.05) is 32.6 Å². The van der Waals surface area contributed by atoms with Crippen molar-refractivity contribution in [2.75, 3.05) is 19.6 Å². The van der Waals surface area contributed by atoms with E-state index in [4.69, 9.17) is 5.84 Å². The number of carbonyl (C=O) groups excluding carboxylic acids is 2. The number of nitrogens with zero attached hydrogens (tertiary/aromatic N) is 1. The maximum absolute atomic E-state index is 11.8. The lowest BCUT2D eigenvalue weighted by Crippen LogP contribution is -2.64. The van der Waals surface area contributed by atoms with Gasteiger partial charge in [0.1, 0.15) is 0 Å². The molecule has 1 saturated heterocycles. The van der Waals surface area contributed by atoms with Crippen LogP contribution in [0.5, 0.6) is 0 Å². The van der Waals surface area contributed by atoms with Gasteiger partial charge in [-0.05, 0) is 27.7 Å². The quantitative estimate of drug-likeness (QED) is 0.344. The molecule has 0 spiro atoms. The summed E-state index contributed by atoms with van der Waals surface area (Å²) in [5, 5.41) is 2.83. The first kappa shape index (κ1) is 13.9. The second-order valence-electron chi connectivity index (χ2n) is 5.59. The standard InChI is InChI=1S/C11H22N4O2/c1-10(2,8(16)14-12)7-15-6-5-13-9(17)11(15,3)4/h5-7,12H2,1-4H3,(H,13,17)(H,14,16). The molecule has 0 aliphatic carbocycles. The topological polar surface area (TPSA) is 87.5 Å². The van der Waals surface area contributed by atoms with Gasteiger partial charge in [0.05, 0.1) is 11.0 Å². The normalized spacial score (nSPS) is 20.9. The summed E-state index contributed by atoms with van der Waals surface area (Å²) >= 11 is 0. The molecular formula is C11H22N4O2. The molecule has 98 valence electrons. The summed E-state index contributed by atoms with van der Waals surface area (Å²) in [6.45, 7) is 9.20. The molecule has 6 nitrogen and oxygen atoms in total. The minimum Gasteiger partial charge on any atom is -0.353 e. The lowest BCUT2D eigenvalue weighted by molar-refractivity contribution is -0.140. The lowest BCUT2D eigenvalue weighted by Gasteiger charge is -2.44. The molecular weight excluding hydrogens is 220 g/mol. The fraction of sp³-hybridized carbons (Fsp3) is 0.818. The predicted octanol–water partition coefficient (Wildman–Crippen LogP) is -0.787. The number of hydrogen-bond donors (Lipinski definition) is 3. The summed E-state index contributed by atoms with van der Waals surface area (Å²) in [7, 11) is 0. The Morgan fingerprint density at radius 2 is 2.18 bits per heavy atom. The molecule has 0 aromatic carbocycles. The van der Waals surface area contributed by atoms with E-state index in [0.29, 0.717) is 13.1 Å². The van der Waals surface area contributed by atoms with Crippen molar-refractivity contribution < 1.29 is 9.59 Å². The van der Waals surface area contributed by atoms with Crippen molar-refractivity contribution in [1.82, 2.24) is 15.6 Å². The summed E-state index contributed by atoms with van der Waals surface area (Å²) < 4.78 is 0. The van der Waals surface area contributed by atoms with Crippen molar-refractivity contribution in [3.05, 3.63) is 0 Å². The molecule has 6 heteroatoms. The van der Waals surface area contributed by atoms with Crippen LogP contribution >= 0.6 is 0 Å². The first-order valence-corrected chi connectivity index (χ1v) is 5.76. The van der Waals surface area contributed by atoms with E-state index < -0.39 is 11.0 Å². The van der Waals surface area contributed by atoms with Gasteiger partial charge >= 0.3 is 0 Å². The molecule has 1 fully saturated rings. The molecule has 17 heavy (non-hydrogen) atoms. The second-order valence-corrected chi connectivity index (χ2v) is 5.59. The Morgan fingerprint density at radius 1 is 1.59 bits per heavy atom. The van der Waals surface area contributed by atoms with Crippen LogP contribution < -0.4 is 16.6 Å². The number of nitrogens with two attached hydrogens (primary N) is 1. The van der Waals surface area contributed by atoms with Crippen molar-refractivity contribution in [3.63, 3.8) is 0 Å². The predicted molar refractivity (Wildman–Crippen MR) is 64.8 cm³/mol. The van der Waals surface area contributed by atoms with Gasteiger partial charge < -0.3 is 5.32 Å². The van der Waals surface area contributed by atoms with Crippen LogP contribution in [0.1, 0.15) is 27.7 Å². The highest BCUT2D eigenvalue weighted by Crippen LogP contribution is 2.24. The highest BCUT2D eigenvalue weighted by molar-refractivity contribution is 5.86. The number of rotatable bonds is 3. The van der Waals surface area contributed by atoms with Gasteiger partial charge in [-0.15, -0.1) is 0 Å². The second kappa shape index (κ2) is 4.62. The van der Waals surface area contributed by atoms with Crippen LogP contribution in [0.25, 0.3) is 0 Å². The molecule has 1 rings (SSSR count). The number of nitrogens with one attached hydrogen (secondary N) is 2. The van der Waals surface area contributed by atoms with Gasteiger partial charge in [0.25, 0.3) is 0 Å². The summed E-state index contributed by atoms with van der Waals surface area (Å²) in [6.07, 6.45) is 0. The van der Waals surface area contributed by atoms with E-state index in [9.17, 15) is 9.59 Å². The Bertz CT molecular complexity index is 325. The zero-order valence-corrected chi connectivity index (χ0v) is 11.0. The summed E-state index contributed by atoms with van der Waals surface area (Å²) in [5.41, 5.74) is 0.953. The smallest absolute Gasteiger partial charge is 0.240 e. The largest absolute Gasteiger partial charge is 0.353 e. The Balaban J connectivity index is 2.80. The van der Waals surface area contributed by atoms with Crippen LogP contribution in [0.3, 0.4) is 0 Å². The van der Waals surface area contributed by atoms with Crippen LogP contribution in [0.4, 0.5) is 0 Å². The zero-order chi connectivity index (χ0) is 13.3. The Morgan fingerprint density at radius 3 is 2.71 bits per heavy atom. The van der Waals surface area contributed by atoms with E-state index in [1.54, 1.807) is 0 Å². The van der Waals surface area contributed by atoms with Crippen LogP contribution in [0.15, 0.2) is 0 Å². The highest BCUT2D eigenvalue weighted by atomic mass is 16.2. The summed E-state index contributed by atoms with van der Waals surface area (Å²) in [5.74, 6) is 4.93. The third kappa shape index (κ3) is 2.76. The van der Waals surface area contributed by atoms with Crippen molar-refractivity contribution in [2.24, 2.45) is 11.3 Å². The fourth-order valence-electron chi connectivity index (χ4n) is 1.96. The van der Waals surface area contributed by atoms with Crippen LogP contribution in [0.2, 0.25) is 0 Å². The van der Waals surface area contributed by atoms with E-state index in [1.165, 1.54) is 0 Å². The molecule has 0 unspecified atom stereocenters. The zero-order valence-electron chi connectivity index (χ0n) is 11.0. The molecule has 1 heterocycles. The monoisotopic (exact) mass is 242 g/mol. The van der Waals surface area contributed by atoms with Crippen molar-refractivity contribution in [3.8, 4) is 0 Å². The Kier molecular flexibility index (Phi) is 3.78. The van der Waals surface area contributed by atoms with Gasteiger partial charge in [-0.25, -0.2) is 5.84 Å². The molecule has 1 aliphatic heterocycles. The maximum atomic E-state index is 11.8. The average molecular weight is 242 g/mol. The van der Waals surface area contributed by atoms with E-state index in [0.717, 1.165) is 6.54 Å².